The maximum Gasteiger partial charge on any atom is 0.251 e. The van der Waals surface area contributed by atoms with Crippen LogP contribution in [0, 0.1) is 11.6 Å². The van der Waals surface area contributed by atoms with Gasteiger partial charge in [-0.05, 0) is 24.3 Å². The molecule has 2 amide bonds. The largest absolute Gasteiger partial charge is 0.467 e. The molecule has 0 aliphatic rings. The number of amides is 2. The highest BCUT2D eigenvalue weighted by molar-refractivity contribution is 5.96. The lowest BCUT2D eigenvalue weighted by Crippen LogP contribution is -2.36. The minimum absolute atomic E-state index is 0.189. The molecule has 0 atom stereocenters. The molecule has 1 aromatic heterocycles. The van der Waals surface area contributed by atoms with Gasteiger partial charge in [-0.25, -0.2) is 8.78 Å². The minimum Gasteiger partial charge on any atom is -0.467 e. The van der Waals surface area contributed by atoms with Crippen LogP contribution in [0.1, 0.15) is 16.1 Å². The van der Waals surface area contributed by atoms with E-state index in [1.807, 2.05) is 0 Å². The Hall–Kier alpha value is -2.70. The average molecular weight is 294 g/mol. The lowest BCUT2D eigenvalue weighted by Gasteiger charge is -2.06. The molecule has 0 bridgehead atoms. The van der Waals surface area contributed by atoms with Crippen LogP contribution in [-0.4, -0.2) is 18.4 Å². The third-order valence-electron chi connectivity index (χ3n) is 2.57. The van der Waals surface area contributed by atoms with Crippen LogP contribution in [0.25, 0.3) is 0 Å². The summed E-state index contributed by atoms with van der Waals surface area (Å²) in [5, 5.41) is 4.79. The van der Waals surface area contributed by atoms with E-state index in [2.05, 4.69) is 10.6 Å². The number of halogens is 2. The molecule has 7 heteroatoms. The smallest absolute Gasteiger partial charge is 0.251 e. The lowest BCUT2D eigenvalue weighted by molar-refractivity contribution is -0.120. The lowest BCUT2D eigenvalue weighted by atomic mass is 10.2. The van der Waals surface area contributed by atoms with Crippen LogP contribution in [0.15, 0.2) is 41.0 Å². The second-order valence-electron chi connectivity index (χ2n) is 4.20. The third-order valence-corrected chi connectivity index (χ3v) is 2.57. The monoisotopic (exact) mass is 294 g/mol. The molecular formula is C14H12F2N2O3. The summed E-state index contributed by atoms with van der Waals surface area (Å²) in [6, 6.07) is 5.81. The van der Waals surface area contributed by atoms with Gasteiger partial charge in [0.2, 0.25) is 5.91 Å². The van der Waals surface area contributed by atoms with Gasteiger partial charge in [0.1, 0.15) is 17.4 Å². The molecule has 0 unspecified atom stereocenters. The summed E-state index contributed by atoms with van der Waals surface area (Å²) in [6.45, 7) is -0.117. The van der Waals surface area contributed by atoms with E-state index >= 15 is 0 Å². The minimum atomic E-state index is -0.859. The zero-order valence-electron chi connectivity index (χ0n) is 10.9. The number of carbonyl (C=O) groups excluding carboxylic acids is 2. The number of furan rings is 1. The van der Waals surface area contributed by atoms with E-state index in [-0.39, 0.29) is 18.7 Å². The third kappa shape index (κ3) is 4.41. The Labute approximate surface area is 118 Å². The van der Waals surface area contributed by atoms with Gasteiger partial charge in [0.25, 0.3) is 5.91 Å². The molecule has 0 spiro atoms. The predicted octanol–water partition coefficient (Wildman–Crippen LogP) is 1.60. The highest BCUT2D eigenvalue weighted by atomic mass is 19.1. The van der Waals surface area contributed by atoms with Crippen molar-refractivity contribution in [3.63, 3.8) is 0 Å². The van der Waals surface area contributed by atoms with E-state index < -0.39 is 23.4 Å². The first kappa shape index (κ1) is 14.7. The zero-order chi connectivity index (χ0) is 15.2. The van der Waals surface area contributed by atoms with Crippen molar-refractivity contribution >= 4 is 11.8 Å². The molecule has 1 heterocycles. The second kappa shape index (κ2) is 6.65. The number of carbonyl (C=O) groups is 2. The van der Waals surface area contributed by atoms with Gasteiger partial charge in [0, 0.05) is 11.6 Å². The van der Waals surface area contributed by atoms with E-state index in [1.54, 1.807) is 12.1 Å². The van der Waals surface area contributed by atoms with Crippen LogP contribution in [0.3, 0.4) is 0 Å². The van der Waals surface area contributed by atoms with E-state index in [0.29, 0.717) is 11.8 Å². The molecule has 21 heavy (non-hydrogen) atoms. The summed E-state index contributed by atoms with van der Waals surface area (Å²) in [7, 11) is 0. The van der Waals surface area contributed by atoms with Crippen molar-refractivity contribution in [3.05, 3.63) is 59.6 Å². The zero-order valence-corrected chi connectivity index (χ0v) is 10.9. The summed E-state index contributed by atoms with van der Waals surface area (Å²) in [4.78, 5) is 23.1. The van der Waals surface area contributed by atoms with Gasteiger partial charge < -0.3 is 15.1 Å². The van der Waals surface area contributed by atoms with Gasteiger partial charge in [0.05, 0.1) is 19.4 Å². The molecule has 0 saturated heterocycles. The fourth-order valence-electron chi connectivity index (χ4n) is 1.61. The van der Waals surface area contributed by atoms with Crippen molar-refractivity contribution in [1.29, 1.82) is 0 Å². The molecule has 5 nitrogen and oxygen atoms in total. The van der Waals surface area contributed by atoms with Gasteiger partial charge in [0.15, 0.2) is 0 Å². The quantitative estimate of drug-likeness (QED) is 0.880. The number of nitrogens with one attached hydrogen (secondary N) is 2. The maximum atomic E-state index is 13.0. The van der Waals surface area contributed by atoms with Crippen LogP contribution < -0.4 is 10.6 Å². The molecule has 0 aliphatic heterocycles. The van der Waals surface area contributed by atoms with Crippen LogP contribution >= 0.6 is 0 Å². The molecule has 1 aromatic carbocycles. The van der Waals surface area contributed by atoms with E-state index in [9.17, 15) is 18.4 Å². The summed E-state index contributed by atoms with van der Waals surface area (Å²) < 4.78 is 30.9. The fraction of sp³-hybridized carbons (Fsp3) is 0.143. The van der Waals surface area contributed by atoms with Crippen LogP contribution in [-0.2, 0) is 11.3 Å². The number of hydrogen-bond acceptors (Lipinski definition) is 3. The van der Waals surface area contributed by atoms with E-state index in [1.165, 1.54) is 6.26 Å². The number of hydrogen-bond donors (Lipinski definition) is 2. The van der Waals surface area contributed by atoms with Gasteiger partial charge in [-0.15, -0.1) is 0 Å². The first-order valence-corrected chi connectivity index (χ1v) is 6.08. The average Bonchev–Trinajstić information content (AvgIpc) is 2.94. The molecule has 0 saturated carbocycles. The Morgan fingerprint density at radius 1 is 1.10 bits per heavy atom. The molecule has 0 fully saturated rings. The Kier molecular flexibility index (Phi) is 4.65. The maximum absolute atomic E-state index is 13.0. The van der Waals surface area contributed by atoms with Crippen molar-refractivity contribution in [3.8, 4) is 0 Å². The molecule has 2 rings (SSSR count). The second-order valence-corrected chi connectivity index (χ2v) is 4.20. The van der Waals surface area contributed by atoms with Gasteiger partial charge in [-0.3, -0.25) is 9.59 Å². The summed E-state index contributed by atoms with van der Waals surface area (Å²) >= 11 is 0. The highest BCUT2D eigenvalue weighted by Crippen LogP contribution is 2.07. The van der Waals surface area contributed by atoms with Crippen LogP contribution in [0.4, 0.5) is 8.78 Å². The standard InChI is InChI=1S/C14H12F2N2O3/c15-10-4-9(5-11(16)6-10)14(20)18-8-13(19)17-7-12-2-1-3-21-12/h1-6H,7-8H2,(H,17,19)(H,18,20). The first-order chi connectivity index (χ1) is 10.0. The molecule has 110 valence electrons. The normalized spacial score (nSPS) is 10.2. The van der Waals surface area contributed by atoms with Crippen LogP contribution in [0.5, 0.6) is 0 Å². The summed E-state index contributed by atoms with van der Waals surface area (Å²) in [6.07, 6.45) is 1.47. The molecular weight excluding hydrogens is 282 g/mol. The topological polar surface area (TPSA) is 71.3 Å². The van der Waals surface area contributed by atoms with Gasteiger partial charge in [-0.1, -0.05) is 0 Å². The van der Waals surface area contributed by atoms with Crippen molar-refractivity contribution < 1.29 is 22.8 Å². The van der Waals surface area contributed by atoms with Gasteiger partial charge >= 0.3 is 0 Å². The summed E-state index contributed by atoms with van der Waals surface area (Å²) in [5.74, 6) is -2.33. The Balaban J connectivity index is 1.81. The Morgan fingerprint density at radius 2 is 1.81 bits per heavy atom. The Bertz CT molecular complexity index is 621. The summed E-state index contributed by atoms with van der Waals surface area (Å²) in [5.41, 5.74) is -0.189. The van der Waals surface area contributed by atoms with Crippen molar-refractivity contribution in [2.45, 2.75) is 6.54 Å². The fourth-order valence-corrected chi connectivity index (χ4v) is 1.61. The molecule has 2 aromatic rings. The molecule has 2 N–H and O–H groups in total. The first-order valence-electron chi connectivity index (χ1n) is 6.08. The molecule has 0 radical (unpaired) electrons. The Morgan fingerprint density at radius 3 is 2.43 bits per heavy atom. The van der Waals surface area contributed by atoms with E-state index in [4.69, 9.17) is 4.42 Å². The van der Waals surface area contributed by atoms with Crippen molar-refractivity contribution in [1.82, 2.24) is 10.6 Å². The number of benzene rings is 1. The van der Waals surface area contributed by atoms with Gasteiger partial charge in [-0.2, -0.15) is 0 Å². The highest BCUT2D eigenvalue weighted by Gasteiger charge is 2.10. The number of rotatable bonds is 5. The SMILES string of the molecule is O=C(CNC(=O)c1cc(F)cc(F)c1)NCc1ccco1. The van der Waals surface area contributed by atoms with E-state index in [0.717, 1.165) is 12.1 Å². The predicted molar refractivity (Wildman–Crippen MR) is 69.2 cm³/mol. The van der Waals surface area contributed by atoms with Crippen molar-refractivity contribution in [2.75, 3.05) is 6.54 Å². The van der Waals surface area contributed by atoms with Crippen LogP contribution in [0.2, 0.25) is 0 Å². The molecule has 0 aliphatic carbocycles. The van der Waals surface area contributed by atoms with Crippen molar-refractivity contribution in [2.24, 2.45) is 0 Å².